The molecular formula is C32H22N4O. The van der Waals surface area contributed by atoms with E-state index in [4.69, 9.17) is 4.98 Å². The zero-order chi connectivity index (χ0) is 25.0. The van der Waals surface area contributed by atoms with Gasteiger partial charge in [-0.15, -0.1) is 0 Å². The summed E-state index contributed by atoms with van der Waals surface area (Å²) in [5.74, 6) is -0.114. The maximum Gasteiger partial charge on any atom is 0.206 e. The summed E-state index contributed by atoms with van der Waals surface area (Å²) in [6, 6.07) is 35.8. The van der Waals surface area contributed by atoms with Crippen LogP contribution < -0.4 is 5.43 Å². The highest BCUT2D eigenvalue weighted by Crippen LogP contribution is 2.24. The number of nitrogens with zero attached hydrogens (tertiary/aromatic N) is 3. The molecule has 1 aromatic heterocycles. The van der Waals surface area contributed by atoms with E-state index < -0.39 is 0 Å². The summed E-state index contributed by atoms with van der Waals surface area (Å²) in [6.45, 7) is 0. The number of benzene rings is 4. The Balaban J connectivity index is 1.13. The monoisotopic (exact) mass is 478 g/mol. The summed E-state index contributed by atoms with van der Waals surface area (Å²) in [7, 11) is 0. The molecule has 1 N–H and O–H groups in total. The molecule has 4 aromatic carbocycles. The largest absolute Gasteiger partial charge is 0.287 e. The van der Waals surface area contributed by atoms with Crippen molar-refractivity contribution in [2.24, 2.45) is 10.1 Å². The van der Waals surface area contributed by atoms with Crippen LogP contribution in [-0.4, -0.2) is 22.7 Å². The van der Waals surface area contributed by atoms with Crippen LogP contribution >= 0.6 is 0 Å². The van der Waals surface area contributed by atoms with Crippen molar-refractivity contribution in [3.05, 3.63) is 132 Å². The van der Waals surface area contributed by atoms with Gasteiger partial charge in [0.2, 0.25) is 5.78 Å². The third-order valence-electron chi connectivity index (χ3n) is 6.20. The standard InChI is InChI=1S/C32H22N4O/c37-31-20-14-23-5-1-3-7-28(23)32(31)36-35-27-15-9-22(10-16-27)21-33-26-17-11-25(12-18-26)30-19-13-24-6-2-4-8-29(24)34-30/h1-21,35H. The number of hydrazone groups is 1. The molecule has 6 rings (SSSR count). The number of hydrogen-bond acceptors (Lipinski definition) is 5. The van der Waals surface area contributed by atoms with Crippen molar-refractivity contribution in [3.63, 3.8) is 0 Å². The van der Waals surface area contributed by atoms with Gasteiger partial charge in [-0.3, -0.25) is 15.2 Å². The lowest BCUT2D eigenvalue weighted by molar-refractivity contribution is -0.108. The molecule has 5 nitrogen and oxygen atoms in total. The molecule has 0 aliphatic heterocycles. The van der Waals surface area contributed by atoms with Crippen molar-refractivity contribution in [1.82, 2.24) is 4.98 Å². The molecule has 0 saturated carbocycles. The van der Waals surface area contributed by atoms with Gasteiger partial charge >= 0.3 is 0 Å². The maximum absolute atomic E-state index is 12.3. The van der Waals surface area contributed by atoms with Crippen molar-refractivity contribution < 1.29 is 4.79 Å². The fraction of sp³-hybridized carbons (Fsp3) is 0. The Bertz CT molecular complexity index is 1700. The summed E-state index contributed by atoms with van der Waals surface area (Å²) >= 11 is 0. The van der Waals surface area contributed by atoms with Crippen LogP contribution in [0.25, 0.3) is 28.2 Å². The number of anilines is 1. The number of carbonyl (C=O) groups is 1. The van der Waals surface area contributed by atoms with Crippen LogP contribution in [0.15, 0.2) is 125 Å². The first-order valence-electron chi connectivity index (χ1n) is 12.0. The van der Waals surface area contributed by atoms with E-state index in [0.29, 0.717) is 5.71 Å². The molecule has 1 aliphatic carbocycles. The molecule has 37 heavy (non-hydrogen) atoms. The van der Waals surface area contributed by atoms with Gasteiger partial charge in [0.25, 0.3) is 0 Å². The number of carbonyl (C=O) groups excluding carboxylic acids is 1. The lowest BCUT2D eigenvalue weighted by atomic mass is 9.95. The highest BCUT2D eigenvalue weighted by molar-refractivity contribution is 6.52. The topological polar surface area (TPSA) is 66.7 Å². The Morgan fingerprint density at radius 2 is 1.51 bits per heavy atom. The highest BCUT2D eigenvalue weighted by Gasteiger charge is 2.18. The average Bonchev–Trinajstić information content (AvgIpc) is 2.96. The molecule has 0 atom stereocenters. The number of aliphatic imine (C=N–C) groups is 1. The van der Waals surface area contributed by atoms with Crippen LogP contribution in [-0.2, 0) is 4.79 Å². The molecule has 0 radical (unpaired) electrons. The number of allylic oxidation sites excluding steroid dienone is 1. The fourth-order valence-corrected chi connectivity index (χ4v) is 4.21. The Morgan fingerprint density at radius 3 is 2.38 bits per heavy atom. The van der Waals surface area contributed by atoms with Crippen molar-refractivity contribution >= 4 is 46.1 Å². The van der Waals surface area contributed by atoms with E-state index in [9.17, 15) is 4.79 Å². The number of pyridine rings is 1. The Morgan fingerprint density at radius 1 is 0.730 bits per heavy atom. The second-order valence-electron chi connectivity index (χ2n) is 8.67. The molecule has 5 heteroatoms. The molecule has 176 valence electrons. The van der Waals surface area contributed by atoms with Crippen molar-refractivity contribution in [2.75, 3.05) is 5.43 Å². The Kier molecular flexibility index (Phi) is 5.93. The van der Waals surface area contributed by atoms with E-state index in [1.54, 1.807) is 6.08 Å². The second kappa shape index (κ2) is 9.84. The number of para-hydroxylation sites is 1. The highest BCUT2D eigenvalue weighted by atomic mass is 16.1. The summed E-state index contributed by atoms with van der Waals surface area (Å²) in [4.78, 5) is 21.7. The molecule has 0 saturated heterocycles. The van der Waals surface area contributed by atoms with Gasteiger partial charge < -0.3 is 0 Å². The number of nitrogens with one attached hydrogen (secondary N) is 1. The third kappa shape index (κ3) is 4.83. The van der Waals surface area contributed by atoms with Gasteiger partial charge in [0.05, 0.1) is 22.6 Å². The first-order chi connectivity index (χ1) is 18.2. The quantitative estimate of drug-likeness (QED) is 0.217. The van der Waals surface area contributed by atoms with Crippen molar-refractivity contribution in [3.8, 4) is 11.3 Å². The zero-order valence-electron chi connectivity index (χ0n) is 19.9. The van der Waals surface area contributed by atoms with Gasteiger partial charge in [0.1, 0.15) is 5.71 Å². The number of fused-ring (bicyclic) bond motifs is 2. The van der Waals surface area contributed by atoms with E-state index in [2.05, 4.69) is 27.7 Å². The molecule has 5 aromatic rings. The average molecular weight is 479 g/mol. The van der Waals surface area contributed by atoms with E-state index in [1.165, 1.54) is 0 Å². The van der Waals surface area contributed by atoms with Crippen LogP contribution in [0.2, 0.25) is 0 Å². The van der Waals surface area contributed by atoms with Crippen molar-refractivity contribution in [2.45, 2.75) is 0 Å². The zero-order valence-corrected chi connectivity index (χ0v) is 19.9. The lowest BCUT2D eigenvalue weighted by Crippen LogP contribution is -2.19. The predicted molar refractivity (Wildman–Crippen MR) is 152 cm³/mol. The first-order valence-corrected chi connectivity index (χ1v) is 12.0. The maximum atomic E-state index is 12.3. The molecule has 1 aliphatic rings. The summed E-state index contributed by atoms with van der Waals surface area (Å²) in [6.07, 6.45) is 5.19. The minimum Gasteiger partial charge on any atom is -0.287 e. The van der Waals surface area contributed by atoms with E-state index >= 15 is 0 Å². The number of rotatable bonds is 5. The smallest absolute Gasteiger partial charge is 0.206 e. The lowest BCUT2D eigenvalue weighted by Gasteiger charge is -2.12. The van der Waals surface area contributed by atoms with Gasteiger partial charge in [-0.25, -0.2) is 4.98 Å². The van der Waals surface area contributed by atoms with E-state index in [1.807, 2.05) is 109 Å². The summed E-state index contributed by atoms with van der Waals surface area (Å²) in [5.41, 5.74) is 10.8. The Labute approximate surface area is 214 Å². The number of hydrogen-bond donors (Lipinski definition) is 1. The van der Waals surface area contributed by atoms with Gasteiger partial charge in [0.15, 0.2) is 0 Å². The van der Waals surface area contributed by atoms with Gasteiger partial charge in [0, 0.05) is 22.7 Å². The van der Waals surface area contributed by atoms with Crippen LogP contribution in [0.3, 0.4) is 0 Å². The van der Waals surface area contributed by atoms with Crippen LogP contribution in [0.1, 0.15) is 16.7 Å². The van der Waals surface area contributed by atoms with Gasteiger partial charge in [-0.1, -0.05) is 78.9 Å². The van der Waals surface area contributed by atoms with Crippen LogP contribution in [0, 0.1) is 0 Å². The van der Waals surface area contributed by atoms with Gasteiger partial charge in [-0.05, 0) is 53.6 Å². The predicted octanol–water partition coefficient (Wildman–Crippen LogP) is 7.06. The third-order valence-corrected chi connectivity index (χ3v) is 6.20. The first kappa shape index (κ1) is 22.3. The van der Waals surface area contributed by atoms with E-state index in [0.717, 1.165) is 50.2 Å². The van der Waals surface area contributed by atoms with E-state index in [-0.39, 0.29) is 5.78 Å². The minimum atomic E-state index is -0.114. The normalized spacial score (nSPS) is 13.8. The molecular weight excluding hydrogens is 456 g/mol. The Hall–Kier alpha value is -5.16. The van der Waals surface area contributed by atoms with Crippen molar-refractivity contribution in [1.29, 1.82) is 0 Å². The number of aromatic nitrogens is 1. The molecule has 0 bridgehead atoms. The van der Waals surface area contributed by atoms with Crippen LogP contribution in [0.5, 0.6) is 0 Å². The van der Waals surface area contributed by atoms with Crippen LogP contribution in [0.4, 0.5) is 11.4 Å². The van der Waals surface area contributed by atoms with Gasteiger partial charge in [-0.2, -0.15) is 5.10 Å². The molecule has 0 unspecified atom stereocenters. The summed E-state index contributed by atoms with van der Waals surface area (Å²) in [5, 5.41) is 5.51. The SMILES string of the molecule is O=C1C=Cc2ccccc2C1=NNc1ccc(C=Nc2ccc(-c3ccc4ccccc4n3)cc2)cc1. The molecule has 1 heterocycles. The summed E-state index contributed by atoms with van der Waals surface area (Å²) < 4.78 is 0. The fourth-order valence-electron chi connectivity index (χ4n) is 4.21. The molecule has 0 amide bonds. The molecule has 0 fully saturated rings. The minimum absolute atomic E-state index is 0.114. The number of ketones is 1. The molecule has 0 spiro atoms. The second-order valence-corrected chi connectivity index (χ2v) is 8.67.